The molecule has 1 aromatic heterocycles. The molecule has 2 rings (SSSR count). The summed E-state index contributed by atoms with van der Waals surface area (Å²) in [4.78, 5) is 5.68. The lowest BCUT2D eigenvalue weighted by molar-refractivity contribution is 0.864. The van der Waals surface area contributed by atoms with Crippen LogP contribution in [0.1, 0.15) is 30.9 Å². The summed E-state index contributed by atoms with van der Waals surface area (Å²) in [6.45, 7) is 5.08. The first-order valence-electron chi connectivity index (χ1n) is 6.62. The van der Waals surface area contributed by atoms with Gasteiger partial charge in [-0.3, -0.25) is 0 Å². The third-order valence-corrected chi connectivity index (χ3v) is 4.09. The smallest absolute Gasteiger partial charge is 0.104 e. The lowest BCUT2D eigenvalue weighted by Crippen LogP contribution is -2.04. The Hall–Kier alpha value is -1.32. The number of benzene rings is 1. The monoisotopic (exact) mass is 272 g/mol. The Kier molecular flexibility index (Phi) is 5.00. The van der Waals surface area contributed by atoms with Crippen molar-refractivity contribution < 1.29 is 0 Å². The SMILES string of the molecule is CC(C)c1ccc(Sc2ncccc2CCN)cc1. The molecular formula is C16H20N2S. The second-order valence-electron chi connectivity index (χ2n) is 4.83. The Bertz CT molecular complexity index is 521. The van der Waals surface area contributed by atoms with Crippen LogP contribution in [0.4, 0.5) is 0 Å². The zero-order valence-electron chi connectivity index (χ0n) is 11.5. The molecule has 0 unspecified atom stereocenters. The molecule has 2 N–H and O–H groups in total. The van der Waals surface area contributed by atoms with E-state index in [4.69, 9.17) is 5.73 Å². The van der Waals surface area contributed by atoms with Gasteiger partial charge in [-0.25, -0.2) is 4.98 Å². The fourth-order valence-electron chi connectivity index (χ4n) is 1.89. The molecular weight excluding hydrogens is 252 g/mol. The van der Waals surface area contributed by atoms with Crippen molar-refractivity contribution in [2.24, 2.45) is 5.73 Å². The van der Waals surface area contributed by atoms with E-state index in [0.717, 1.165) is 11.4 Å². The standard InChI is InChI=1S/C16H20N2S/c1-12(2)13-5-7-15(8-6-13)19-16-14(9-10-17)4-3-11-18-16/h3-8,11-12H,9-10,17H2,1-2H3. The van der Waals surface area contributed by atoms with Crippen LogP contribution in [-0.2, 0) is 6.42 Å². The normalized spacial score (nSPS) is 10.9. The average molecular weight is 272 g/mol. The van der Waals surface area contributed by atoms with E-state index in [-0.39, 0.29) is 0 Å². The second-order valence-corrected chi connectivity index (χ2v) is 5.89. The third-order valence-electron chi connectivity index (χ3n) is 3.02. The molecule has 0 amide bonds. The summed E-state index contributed by atoms with van der Waals surface area (Å²) < 4.78 is 0. The average Bonchev–Trinajstić information content (AvgIpc) is 2.42. The van der Waals surface area contributed by atoms with Gasteiger partial charge in [0.15, 0.2) is 0 Å². The highest BCUT2D eigenvalue weighted by Gasteiger charge is 2.05. The quantitative estimate of drug-likeness (QED) is 0.898. The first kappa shape index (κ1) is 14.1. The molecule has 0 aliphatic carbocycles. The largest absolute Gasteiger partial charge is 0.330 e. The Morgan fingerprint density at radius 2 is 1.89 bits per heavy atom. The van der Waals surface area contributed by atoms with Crippen LogP contribution in [0.3, 0.4) is 0 Å². The molecule has 2 nitrogen and oxygen atoms in total. The summed E-state index contributed by atoms with van der Waals surface area (Å²) in [7, 11) is 0. The van der Waals surface area contributed by atoms with E-state index in [1.165, 1.54) is 16.0 Å². The van der Waals surface area contributed by atoms with Gasteiger partial charge in [-0.2, -0.15) is 0 Å². The van der Waals surface area contributed by atoms with E-state index < -0.39 is 0 Å². The minimum absolute atomic E-state index is 0.571. The van der Waals surface area contributed by atoms with E-state index >= 15 is 0 Å². The number of pyridine rings is 1. The zero-order chi connectivity index (χ0) is 13.7. The maximum Gasteiger partial charge on any atom is 0.104 e. The van der Waals surface area contributed by atoms with E-state index in [1.54, 1.807) is 11.8 Å². The summed E-state index contributed by atoms with van der Waals surface area (Å²) in [5.74, 6) is 0.571. The Balaban J connectivity index is 2.16. The summed E-state index contributed by atoms with van der Waals surface area (Å²) in [5.41, 5.74) is 8.23. The van der Waals surface area contributed by atoms with Gasteiger partial charge >= 0.3 is 0 Å². The van der Waals surface area contributed by atoms with Crippen LogP contribution in [0.2, 0.25) is 0 Å². The predicted molar refractivity (Wildman–Crippen MR) is 81.6 cm³/mol. The van der Waals surface area contributed by atoms with Crippen molar-refractivity contribution in [2.45, 2.75) is 36.1 Å². The molecule has 0 saturated carbocycles. The highest BCUT2D eigenvalue weighted by Crippen LogP contribution is 2.29. The molecule has 0 aliphatic rings. The topological polar surface area (TPSA) is 38.9 Å². The number of hydrogen-bond donors (Lipinski definition) is 1. The van der Waals surface area contributed by atoms with Gasteiger partial charge in [0.2, 0.25) is 0 Å². The van der Waals surface area contributed by atoms with Gasteiger partial charge in [0.05, 0.1) is 0 Å². The summed E-state index contributed by atoms with van der Waals surface area (Å²) in [6, 6.07) is 12.8. The van der Waals surface area contributed by atoms with Crippen LogP contribution in [0, 0.1) is 0 Å². The highest BCUT2D eigenvalue weighted by atomic mass is 32.2. The Labute approximate surface area is 119 Å². The molecule has 0 spiro atoms. The van der Waals surface area contributed by atoms with Crippen molar-refractivity contribution in [2.75, 3.05) is 6.54 Å². The first-order chi connectivity index (χ1) is 9.20. The molecule has 0 aliphatic heterocycles. The fourth-order valence-corrected chi connectivity index (χ4v) is 2.80. The maximum atomic E-state index is 5.64. The van der Waals surface area contributed by atoms with Gasteiger partial charge < -0.3 is 5.73 Å². The minimum atomic E-state index is 0.571. The van der Waals surface area contributed by atoms with Gasteiger partial charge in [0, 0.05) is 11.1 Å². The molecule has 0 bridgehead atoms. The molecule has 100 valence electrons. The van der Waals surface area contributed by atoms with Crippen molar-refractivity contribution in [3.8, 4) is 0 Å². The van der Waals surface area contributed by atoms with E-state index in [2.05, 4.69) is 49.2 Å². The lowest BCUT2D eigenvalue weighted by Gasteiger charge is -2.09. The number of hydrogen-bond acceptors (Lipinski definition) is 3. The lowest BCUT2D eigenvalue weighted by atomic mass is 10.0. The van der Waals surface area contributed by atoms with E-state index in [1.807, 2.05) is 12.3 Å². The Morgan fingerprint density at radius 3 is 2.53 bits per heavy atom. The fraction of sp³-hybridized carbons (Fsp3) is 0.312. The number of aromatic nitrogens is 1. The van der Waals surface area contributed by atoms with Crippen LogP contribution in [0.25, 0.3) is 0 Å². The van der Waals surface area contributed by atoms with Crippen LogP contribution in [0.15, 0.2) is 52.5 Å². The summed E-state index contributed by atoms with van der Waals surface area (Å²) in [6.07, 6.45) is 2.71. The van der Waals surface area contributed by atoms with Crippen LogP contribution in [-0.4, -0.2) is 11.5 Å². The van der Waals surface area contributed by atoms with Crippen LogP contribution >= 0.6 is 11.8 Å². The maximum absolute atomic E-state index is 5.64. The number of rotatable bonds is 5. The van der Waals surface area contributed by atoms with Crippen molar-refractivity contribution in [1.82, 2.24) is 4.98 Å². The van der Waals surface area contributed by atoms with Gasteiger partial charge in [-0.1, -0.05) is 43.8 Å². The third kappa shape index (κ3) is 3.82. The number of nitrogens with zero attached hydrogens (tertiary/aromatic N) is 1. The van der Waals surface area contributed by atoms with Crippen molar-refractivity contribution in [3.63, 3.8) is 0 Å². The summed E-state index contributed by atoms with van der Waals surface area (Å²) >= 11 is 1.71. The molecule has 3 heteroatoms. The highest BCUT2D eigenvalue weighted by molar-refractivity contribution is 7.99. The van der Waals surface area contributed by atoms with Gasteiger partial charge in [0.1, 0.15) is 5.03 Å². The van der Waals surface area contributed by atoms with Gasteiger partial charge in [-0.05, 0) is 48.2 Å². The Morgan fingerprint density at radius 1 is 1.16 bits per heavy atom. The van der Waals surface area contributed by atoms with Crippen LogP contribution < -0.4 is 5.73 Å². The second kappa shape index (κ2) is 6.73. The minimum Gasteiger partial charge on any atom is -0.330 e. The van der Waals surface area contributed by atoms with Crippen LogP contribution in [0.5, 0.6) is 0 Å². The molecule has 19 heavy (non-hydrogen) atoms. The molecule has 0 atom stereocenters. The van der Waals surface area contributed by atoms with Crippen molar-refractivity contribution >= 4 is 11.8 Å². The molecule has 1 aromatic carbocycles. The van der Waals surface area contributed by atoms with Gasteiger partial charge in [0.25, 0.3) is 0 Å². The molecule has 2 aromatic rings. The molecule has 0 saturated heterocycles. The van der Waals surface area contributed by atoms with Gasteiger partial charge in [-0.15, -0.1) is 0 Å². The molecule has 0 radical (unpaired) electrons. The zero-order valence-corrected chi connectivity index (χ0v) is 12.3. The van der Waals surface area contributed by atoms with Crippen molar-refractivity contribution in [3.05, 3.63) is 53.7 Å². The predicted octanol–water partition coefficient (Wildman–Crippen LogP) is 3.86. The number of nitrogens with two attached hydrogens (primary N) is 1. The van der Waals surface area contributed by atoms with Crippen molar-refractivity contribution in [1.29, 1.82) is 0 Å². The molecule has 0 fully saturated rings. The first-order valence-corrected chi connectivity index (χ1v) is 7.44. The summed E-state index contributed by atoms with van der Waals surface area (Å²) in [5, 5.41) is 1.06. The molecule has 1 heterocycles. The van der Waals surface area contributed by atoms with E-state index in [0.29, 0.717) is 12.5 Å². The van der Waals surface area contributed by atoms with E-state index in [9.17, 15) is 0 Å².